The molecule has 2 atom stereocenters. The fourth-order valence-corrected chi connectivity index (χ4v) is 14.8. The summed E-state index contributed by atoms with van der Waals surface area (Å²) in [6.45, 7) is 4.95. The van der Waals surface area contributed by atoms with Crippen molar-refractivity contribution in [3.05, 3.63) is 48.6 Å². The third kappa shape index (κ3) is 90.3. The van der Waals surface area contributed by atoms with E-state index in [1.807, 2.05) is 21.1 Å². The second kappa shape index (κ2) is 88.8. The SMILES string of the molecule is CCCCCCC/C=C\C/C=C\CCCCCCCCCCCCCCCCCCCCCCCCCCCCCCCC(=O)OCC(COC(OCC[N+](C)(C)C)C(=O)O)OC(=O)CCCCCCCCCCCCCCCCCCCCCCCCCCCCCCC/C=C\C/C=C\CCCCCCC. The maximum Gasteiger partial charge on any atom is 0.361 e. The molecule has 0 aromatic carbocycles. The first-order valence-corrected chi connectivity index (χ1v) is 47.8. The molecule has 2 unspecified atom stereocenters. The Hall–Kier alpha value is -2.75. The van der Waals surface area contributed by atoms with Crippen molar-refractivity contribution in [3.63, 3.8) is 0 Å². The number of carboxylic acid groups (broad SMARTS) is 1. The number of quaternary nitrogens is 1. The minimum Gasteiger partial charge on any atom is -0.477 e. The number of allylic oxidation sites excluding steroid dienone is 8. The molecule has 9 nitrogen and oxygen atoms in total. The number of carboxylic acids is 1. The van der Waals surface area contributed by atoms with Gasteiger partial charge >= 0.3 is 17.9 Å². The lowest BCUT2D eigenvalue weighted by Gasteiger charge is -2.25. The first-order chi connectivity index (χ1) is 52.6. The topological polar surface area (TPSA) is 108 Å². The number of carbonyl (C=O) groups is 3. The molecule has 0 rings (SSSR count). The van der Waals surface area contributed by atoms with Crippen LogP contribution in [0.4, 0.5) is 0 Å². The normalized spacial score (nSPS) is 12.7. The Balaban J connectivity index is 3.85. The van der Waals surface area contributed by atoms with Crippen molar-refractivity contribution in [1.29, 1.82) is 0 Å². The molecule has 0 bridgehead atoms. The molecule has 9 heteroatoms. The molecule has 0 saturated carbocycles. The van der Waals surface area contributed by atoms with Gasteiger partial charge in [0.15, 0.2) is 6.10 Å². The monoisotopic (exact) mass is 1510 g/mol. The number of carbonyl (C=O) groups excluding carboxylic acids is 2. The Morgan fingerprint density at radius 2 is 0.505 bits per heavy atom. The molecule has 0 spiro atoms. The minimum absolute atomic E-state index is 0.174. The zero-order valence-corrected chi connectivity index (χ0v) is 72.6. The van der Waals surface area contributed by atoms with Crippen LogP contribution in [0.25, 0.3) is 0 Å². The highest BCUT2D eigenvalue weighted by Crippen LogP contribution is 2.22. The molecule has 0 aromatic rings. The molecule has 1 N–H and O–H groups in total. The Bertz CT molecular complexity index is 1910. The Morgan fingerprint density at radius 1 is 0.280 bits per heavy atom. The summed E-state index contributed by atoms with van der Waals surface area (Å²) in [5, 5.41) is 9.80. The van der Waals surface area contributed by atoms with Crippen LogP contribution in [0.3, 0.4) is 0 Å². The average Bonchev–Trinajstić information content (AvgIpc) is 0.928. The van der Waals surface area contributed by atoms with Gasteiger partial charge in [0.2, 0.25) is 0 Å². The minimum atomic E-state index is -1.51. The number of hydrogen-bond acceptors (Lipinski definition) is 7. The van der Waals surface area contributed by atoms with Crippen molar-refractivity contribution < 1.29 is 42.9 Å². The van der Waals surface area contributed by atoms with Gasteiger partial charge in [-0.05, 0) is 77.0 Å². The second-order valence-electron chi connectivity index (χ2n) is 34.0. The number of nitrogens with zero attached hydrogens (tertiary/aromatic N) is 1. The summed E-state index contributed by atoms with van der Waals surface area (Å²) >= 11 is 0. The van der Waals surface area contributed by atoms with Crippen LogP contribution < -0.4 is 0 Å². The summed E-state index contributed by atoms with van der Waals surface area (Å²) < 4.78 is 23.1. The van der Waals surface area contributed by atoms with E-state index in [0.29, 0.717) is 17.4 Å². The molecule has 0 radical (unpaired) electrons. The van der Waals surface area contributed by atoms with Gasteiger partial charge in [-0.1, -0.05) is 461 Å². The maximum atomic E-state index is 13.0. The summed E-state index contributed by atoms with van der Waals surface area (Å²) in [5.41, 5.74) is 0. The number of likely N-dealkylation sites (N-methyl/N-ethyl adjacent to an activating group) is 1. The van der Waals surface area contributed by atoms with E-state index in [-0.39, 0.29) is 38.2 Å². The molecule has 0 aliphatic rings. The van der Waals surface area contributed by atoms with E-state index >= 15 is 0 Å². The first-order valence-electron chi connectivity index (χ1n) is 47.8. The van der Waals surface area contributed by atoms with Crippen molar-refractivity contribution in [3.8, 4) is 0 Å². The van der Waals surface area contributed by atoms with Crippen LogP contribution in [0.5, 0.6) is 0 Å². The molecule has 0 aliphatic heterocycles. The van der Waals surface area contributed by atoms with Gasteiger partial charge in [-0.2, -0.15) is 0 Å². The third-order valence-electron chi connectivity index (χ3n) is 22.1. The lowest BCUT2D eigenvalue weighted by Crippen LogP contribution is -2.40. The predicted molar refractivity (Wildman–Crippen MR) is 466 cm³/mol. The summed E-state index contributed by atoms with van der Waals surface area (Å²) in [5.74, 6) is -1.96. The fourth-order valence-electron chi connectivity index (χ4n) is 14.8. The number of esters is 2. The van der Waals surface area contributed by atoms with Crippen molar-refractivity contribution in [1.82, 2.24) is 0 Å². The molecule has 0 amide bonds. The number of aliphatic carboxylic acids is 1. The molecule has 0 heterocycles. The van der Waals surface area contributed by atoms with E-state index in [4.69, 9.17) is 18.9 Å². The smallest absolute Gasteiger partial charge is 0.361 e. The lowest BCUT2D eigenvalue weighted by molar-refractivity contribution is -0.870. The van der Waals surface area contributed by atoms with Gasteiger partial charge in [-0.15, -0.1) is 0 Å². The third-order valence-corrected chi connectivity index (χ3v) is 22.1. The van der Waals surface area contributed by atoms with Gasteiger partial charge < -0.3 is 28.5 Å². The Kier molecular flexibility index (Phi) is 86.5. The highest BCUT2D eigenvalue weighted by molar-refractivity contribution is 5.71. The van der Waals surface area contributed by atoms with Crippen LogP contribution in [0.1, 0.15) is 502 Å². The van der Waals surface area contributed by atoms with E-state index in [1.165, 1.54) is 424 Å². The van der Waals surface area contributed by atoms with E-state index in [9.17, 15) is 19.5 Å². The second-order valence-corrected chi connectivity index (χ2v) is 34.0. The van der Waals surface area contributed by atoms with Gasteiger partial charge in [-0.3, -0.25) is 9.59 Å². The van der Waals surface area contributed by atoms with Crippen LogP contribution >= 0.6 is 0 Å². The molecule has 0 fully saturated rings. The lowest BCUT2D eigenvalue weighted by atomic mass is 10.0. The molecule has 0 saturated heterocycles. The molecular weight excluding hydrogens is 1320 g/mol. The molecule has 0 aliphatic carbocycles. The van der Waals surface area contributed by atoms with Crippen LogP contribution in [0.15, 0.2) is 48.6 Å². The zero-order valence-electron chi connectivity index (χ0n) is 72.6. The van der Waals surface area contributed by atoms with Crippen molar-refractivity contribution in [2.75, 3.05) is 47.5 Å². The van der Waals surface area contributed by atoms with Gasteiger partial charge in [0.1, 0.15) is 13.2 Å². The van der Waals surface area contributed by atoms with Gasteiger partial charge in [0.25, 0.3) is 6.29 Å². The highest BCUT2D eigenvalue weighted by Gasteiger charge is 2.25. The first kappa shape index (κ1) is 104. The average molecular weight is 1510 g/mol. The number of hydrogen-bond donors (Lipinski definition) is 1. The summed E-state index contributed by atoms with van der Waals surface area (Å²) in [6, 6.07) is 0. The summed E-state index contributed by atoms with van der Waals surface area (Å²) in [4.78, 5) is 37.9. The standard InChI is InChI=1S/C98H185NO8/c1-6-8-10-12-14-16-18-20-22-24-26-28-30-32-34-36-38-40-42-44-46-48-50-52-54-56-58-60-62-64-66-68-70-72-74-76-78-80-82-84-86-88-95(100)105-92-94(93-106-98(97(102)103)104-91-90-99(3,4)5)107-96(101)89-87-85-83-81-79-77-75-73-71-69-67-65-63-61-59-57-55-53-51-49-47-45-43-41-39-37-35-33-31-29-27-25-23-21-19-17-15-13-11-9-7-2/h18-21,24-27,94,98H,6-17,22-23,28-93H2,1-5H3/p+1/b20-18-,21-19-,26-24-,27-25-. The van der Waals surface area contributed by atoms with Crippen LogP contribution in [0, 0.1) is 0 Å². The molecule has 0 aromatic heterocycles. The fraction of sp³-hybridized carbons (Fsp3) is 0.888. The maximum absolute atomic E-state index is 13.0. The van der Waals surface area contributed by atoms with Crippen molar-refractivity contribution in [2.24, 2.45) is 0 Å². The van der Waals surface area contributed by atoms with Crippen LogP contribution in [-0.2, 0) is 33.3 Å². The highest BCUT2D eigenvalue weighted by atomic mass is 16.7. The van der Waals surface area contributed by atoms with E-state index in [0.717, 1.165) is 51.4 Å². The van der Waals surface area contributed by atoms with Gasteiger partial charge in [-0.25, -0.2) is 4.79 Å². The largest absolute Gasteiger partial charge is 0.477 e. The summed E-state index contributed by atoms with van der Waals surface area (Å²) in [6.07, 6.45) is 116. The van der Waals surface area contributed by atoms with E-state index < -0.39 is 18.4 Å². The van der Waals surface area contributed by atoms with Crippen LogP contribution in [-0.4, -0.2) is 87.4 Å². The predicted octanol–water partition coefficient (Wildman–Crippen LogP) is 31.5. The summed E-state index contributed by atoms with van der Waals surface area (Å²) in [7, 11) is 6.01. The van der Waals surface area contributed by atoms with E-state index in [2.05, 4.69) is 62.5 Å². The van der Waals surface area contributed by atoms with Crippen molar-refractivity contribution in [2.45, 2.75) is 514 Å². The Morgan fingerprint density at radius 3 is 0.738 bits per heavy atom. The van der Waals surface area contributed by atoms with Crippen LogP contribution in [0.2, 0.25) is 0 Å². The van der Waals surface area contributed by atoms with Gasteiger partial charge in [0, 0.05) is 12.8 Å². The molecule has 630 valence electrons. The number of ether oxygens (including phenoxy) is 4. The van der Waals surface area contributed by atoms with Crippen molar-refractivity contribution >= 4 is 17.9 Å². The Labute approximate surface area is 667 Å². The number of unbranched alkanes of at least 4 members (excludes halogenated alkanes) is 68. The zero-order chi connectivity index (χ0) is 77.4. The van der Waals surface area contributed by atoms with E-state index in [1.54, 1.807) is 0 Å². The molecule has 107 heavy (non-hydrogen) atoms. The number of rotatable bonds is 91. The molecular formula is C98H186NO8+. The van der Waals surface area contributed by atoms with Gasteiger partial charge in [0.05, 0.1) is 34.4 Å². The quantitative estimate of drug-likeness (QED) is 0.0211.